The van der Waals surface area contributed by atoms with Gasteiger partial charge in [-0.1, -0.05) is 6.92 Å². The second-order valence-corrected chi connectivity index (χ2v) is 2.13. The van der Waals surface area contributed by atoms with Gasteiger partial charge in [0, 0.05) is 9.40 Å². The third-order valence-electron chi connectivity index (χ3n) is 1.24. The molecule has 0 aliphatic heterocycles. The summed E-state index contributed by atoms with van der Waals surface area (Å²) in [6, 6.07) is 0. The smallest absolute Gasteiger partial charge is 0.406 e. The zero-order valence-corrected chi connectivity index (χ0v) is 7.14. The third kappa shape index (κ3) is 7.12. The molecule has 0 heterocycles. The molecule has 0 saturated heterocycles. The number of ether oxygens (including phenoxy) is 1. The number of rotatable bonds is 5. The van der Waals surface area contributed by atoms with E-state index < -0.39 is 0 Å². The maximum atomic E-state index is 10.5. The second kappa shape index (κ2) is 7.34. The summed E-state index contributed by atoms with van der Waals surface area (Å²) in [4.78, 5) is 10.5. The van der Waals surface area contributed by atoms with Crippen LogP contribution in [0.4, 0.5) is 4.79 Å². The molecule has 0 rings (SSSR count). The Morgan fingerprint density at radius 3 is 2.82 bits per heavy atom. The van der Waals surface area contributed by atoms with E-state index in [2.05, 4.69) is 15.4 Å². The first-order chi connectivity index (χ1) is 5.31. The van der Waals surface area contributed by atoms with Crippen molar-refractivity contribution in [3.63, 3.8) is 0 Å². The van der Waals surface area contributed by atoms with E-state index in [4.69, 9.17) is 0 Å². The molecule has 0 radical (unpaired) electrons. The van der Waals surface area contributed by atoms with Crippen molar-refractivity contribution in [2.45, 2.75) is 13.3 Å². The zero-order valence-electron chi connectivity index (χ0n) is 7.14. The van der Waals surface area contributed by atoms with Crippen LogP contribution in [0.1, 0.15) is 16.2 Å². The number of nitrogens with one attached hydrogen (secondary N) is 2. The van der Waals surface area contributed by atoms with Crippen LogP contribution < -0.4 is 10.6 Å². The summed E-state index contributed by atoms with van der Waals surface area (Å²) in [6.45, 7) is 4.62. The molecule has 11 heavy (non-hydrogen) atoms. The monoisotopic (exact) mass is 164 g/mol. The molecule has 1 amide bonds. The maximum Gasteiger partial charge on any atom is 0.406 e. The fraction of sp³-hybridized carbons (Fsp3) is 0.857. The number of methoxy groups -OCH3 is 1. The molecule has 0 aromatic carbocycles. The van der Waals surface area contributed by atoms with Crippen LogP contribution in [0.2, 0.25) is 0 Å². The summed E-state index contributed by atoms with van der Waals surface area (Å²) in [5.74, 6) is 0. The first-order valence-electron chi connectivity index (χ1n) is 3.83. The molecular weight excluding hydrogens is 144 g/mol. The summed E-state index contributed by atoms with van der Waals surface area (Å²) < 4.78 is 4.39. The molecule has 70 valence electrons. The van der Waals surface area contributed by atoms with Gasteiger partial charge in [-0.25, -0.2) is 4.79 Å². The van der Waals surface area contributed by atoms with E-state index in [0.717, 1.165) is 19.5 Å². The summed E-state index contributed by atoms with van der Waals surface area (Å²) in [7, 11) is 1.36. The van der Waals surface area contributed by atoms with Crippen molar-refractivity contribution in [2.24, 2.45) is 0 Å². The number of alkyl carbamates (subject to hydrolysis) is 1. The number of amides is 1. The zero-order chi connectivity index (χ0) is 8.53. The van der Waals surface area contributed by atoms with E-state index >= 15 is 0 Å². The highest BCUT2D eigenvalue weighted by Crippen LogP contribution is 1.75. The molecule has 4 nitrogen and oxygen atoms in total. The minimum absolute atomic E-state index is 0. The van der Waals surface area contributed by atoms with Crippen molar-refractivity contribution in [1.29, 1.82) is 0 Å². The van der Waals surface area contributed by atoms with Gasteiger partial charge in [-0.15, -0.1) is 0 Å². The molecule has 0 unspecified atom stereocenters. The minimum Gasteiger partial charge on any atom is -0.453 e. The predicted molar refractivity (Wildman–Crippen MR) is 47.8 cm³/mol. The van der Waals surface area contributed by atoms with Crippen molar-refractivity contribution in [3.05, 3.63) is 0 Å². The van der Waals surface area contributed by atoms with Crippen LogP contribution in [0.15, 0.2) is 0 Å². The van der Waals surface area contributed by atoms with E-state index in [9.17, 15) is 4.79 Å². The SMILES string of the molecule is CCNCCCNC(=O)OC.[HH].[HH]. The predicted octanol–water partition coefficient (Wildman–Crippen LogP) is 0.834. The van der Waals surface area contributed by atoms with Crippen molar-refractivity contribution in [3.8, 4) is 0 Å². The molecule has 0 aliphatic rings. The quantitative estimate of drug-likeness (QED) is 0.592. The third-order valence-corrected chi connectivity index (χ3v) is 1.24. The lowest BCUT2D eigenvalue weighted by molar-refractivity contribution is 0.171. The summed E-state index contributed by atoms with van der Waals surface area (Å²) in [6.07, 6.45) is 0.574. The van der Waals surface area contributed by atoms with E-state index in [1.165, 1.54) is 7.11 Å². The average Bonchev–Trinajstić information content (AvgIpc) is 2.04. The molecular formula is C7H20N2O2. The van der Waals surface area contributed by atoms with Crippen LogP contribution in [0, 0.1) is 0 Å². The van der Waals surface area contributed by atoms with Gasteiger partial charge in [-0.2, -0.15) is 0 Å². The van der Waals surface area contributed by atoms with Crippen LogP contribution >= 0.6 is 0 Å². The van der Waals surface area contributed by atoms with Crippen molar-refractivity contribution < 1.29 is 12.4 Å². The van der Waals surface area contributed by atoms with Gasteiger partial charge in [0.2, 0.25) is 0 Å². The summed E-state index contributed by atoms with van der Waals surface area (Å²) in [5.41, 5.74) is 0. The molecule has 0 spiro atoms. The Morgan fingerprint density at radius 2 is 2.27 bits per heavy atom. The lowest BCUT2D eigenvalue weighted by Crippen LogP contribution is -2.26. The Morgan fingerprint density at radius 1 is 1.55 bits per heavy atom. The first kappa shape index (κ1) is 10.2. The normalized spacial score (nSPS) is 9.27. The van der Waals surface area contributed by atoms with E-state index in [1.807, 2.05) is 6.92 Å². The van der Waals surface area contributed by atoms with Crippen LogP contribution in [-0.4, -0.2) is 32.8 Å². The number of hydrogen-bond acceptors (Lipinski definition) is 3. The Balaban J connectivity index is -0.000000500. The molecule has 0 fully saturated rings. The standard InChI is InChI=1S/C7H16N2O2.2H2/c1-3-8-5-4-6-9-7(10)11-2;;/h8H,3-6H2,1-2H3,(H,9,10);2*1H. The first-order valence-corrected chi connectivity index (χ1v) is 3.83. The van der Waals surface area contributed by atoms with Crippen LogP contribution in [-0.2, 0) is 4.74 Å². The van der Waals surface area contributed by atoms with Gasteiger partial charge in [0.15, 0.2) is 0 Å². The van der Waals surface area contributed by atoms with Crippen molar-refractivity contribution in [2.75, 3.05) is 26.7 Å². The molecule has 0 aromatic heterocycles. The molecule has 0 aliphatic carbocycles. The Hall–Kier alpha value is -0.770. The highest BCUT2D eigenvalue weighted by molar-refractivity contribution is 5.66. The number of carbonyl (C=O) groups is 1. The summed E-state index contributed by atoms with van der Waals surface area (Å²) >= 11 is 0. The second-order valence-electron chi connectivity index (χ2n) is 2.13. The van der Waals surface area contributed by atoms with Gasteiger partial charge in [0.05, 0.1) is 7.11 Å². The van der Waals surface area contributed by atoms with Gasteiger partial charge in [-0.05, 0) is 19.5 Å². The van der Waals surface area contributed by atoms with Crippen LogP contribution in [0.3, 0.4) is 0 Å². The Labute approximate surface area is 70.3 Å². The highest BCUT2D eigenvalue weighted by Gasteiger charge is 1.94. The number of carbonyl (C=O) groups excluding carboxylic acids is 1. The molecule has 2 N–H and O–H groups in total. The average molecular weight is 164 g/mol. The van der Waals surface area contributed by atoms with Gasteiger partial charge < -0.3 is 15.4 Å². The van der Waals surface area contributed by atoms with E-state index in [-0.39, 0.29) is 8.95 Å². The lowest BCUT2D eigenvalue weighted by atomic mass is 10.4. The molecule has 0 saturated carbocycles. The maximum absolute atomic E-state index is 10.5. The van der Waals surface area contributed by atoms with E-state index in [1.54, 1.807) is 0 Å². The topological polar surface area (TPSA) is 50.4 Å². The molecule has 0 aromatic rings. The lowest BCUT2D eigenvalue weighted by Gasteiger charge is -2.02. The molecule has 0 atom stereocenters. The Bertz CT molecular complexity index is 115. The van der Waals surface area contributed by atoms with Gasteiger partial charge in [0.25, 0.3) is 0 Å². The fourth-order valence-corrected chi connectivity index (χ4v) is 0.653. The van der Waals surface area contributed by atoms with Gasteiger partial charge >= 0.3 is 6.09 Å². The van der Waals surface area contributed by atoms with Crippen molar-refractivity contribution in [1.82, 2.24) is 10.6 Å². The fourth-order valence-electron chi connectivity index (χ4n) is 0.653. The summed E-state index contributed by atoms with van der Waals surface area (Å²) in [5, 5.41) is 5.74. The largest absolute Gasteiger partial charge is 0.453 e. The van der Waals surface area contributed by atoms with Crippen molar-refractivity contribution >= 4 is 6.09 Å². The molecule has 0 bridgehead atoms. The van der Waals surface area contributed by atoms with Gasteiger partial charge in [0.1, 0.15) is 0 Å². The molecule has 4 heteroatoms. The van der Waals surface area contributed by atoms with E-state index in [0.29, 0.717) is 6.54 Å². The number of hydrogen-bond donors (Lipinski definition) is 2. The minimum atomic E-state index is -0.360. The highest BCUT2D eigenvalue weighted by atomic mass is 16.5. The Kier molecular flexibility index (Phi) is 6.82. The van der Waals surface area contributed by atoms with Crippen LogP contribution in [0.25, 0.3) is 0 Å². The van der Waals surface area contributed by atoms with Gasteiger partial charge in [-0.3, -0.25) is 0 Å². The van der Waals surface area contributed by atoms with Crippen LogP contribution in [0.5, 0.6) is 0 Å².